The van der Waals surface area contributed by atoms with E-state index in [0.29, 0.717) is 0 Å². The molecule has 0 aromatic heterocycles. The van der Waals surface area contributed by atoms with Crippen LogP contribution in [0, 0.1) is 0 Å². The summed E-state index contributed by atoms with van der Waals surface area (Å²) in [5.74, 6) is -0.267. The maximum atomic E-state index is 10.5. The highest BCUT2D eigenvalue weighted by Crippen LogP contribution is 2.04. The molecule has 4 nitrogen and oxygen atoms in total. The van der Waals surface area contributed by atoms with Crippen molar-refractivity contribution < 1.29 is 13.2 Å². The van der Waals surface area contributed by atoms with Crippen LogP contribution in [0.15, 0.2) is 11.6 Å². The number of hydrogen-bond acceptors (Lipinski definition) is 3. The van der Waals surface area contributed by atoms with Crippen LogP contribution in [0.5, 0.6) is 0 Å². The monoisotopic (exact) mass is 146 g/mol. The van der Waals surface area contributed by atoms with Crippen LogP contribution in [0.2, 0.25) is 0 Å². The molecule has 0 bridgehead atoms. The molecule has 9 heavy (non-hydrogen) atoms. The van der Waals surface area contributed by atoms with Gasteiger partial charge in [0.05, 0.1) is 0 Å². The van der Waals surface area contributed by atoms with E-state index in [2.05, 4.69) is 0 Å². The molecule has 0 fully saturated rings. The lowest BCUT2D eigenvalue weighted by Gasteiger charge is -1.97. The van der Waals surface area contributed by atoms with Gasteiger partial charge in [-0.3, -0.25) is 9.69 Å². The smallest absolute Gasteiger partial charge is 0.295 e. The highest BCUT2D eigenvalue weighted by molar-refractivity contribution is 7.94. The molecule has 1 aliphatic heterocycles. The fraction of sp³-hybridized carbons (Fsp3) is 0.250. The van der Waals surface area contributed by atoms with Crippen LogP contribution in [0.3, 0.4) is 0 Å². The quantitative estimate of drug-likeness (QED) is 0.487. The summed E-state index contributed by atoms with van der Waals surface area (Å²) >= 11 is 0. The molecule has 0 aliphatic carbocycles. The Morgan fingerprint density at radius 3 is 2.44 bits per heavy atom. The summed E-state index contributed by atoms with van der Waals surface area (Å²) in [6.45, 7) is 0. The maximum absolute atomic E-state index is 10.5. The summed E-state index contributed by atoms with van der Waals surface area (Å²) < 4.78 is 21.0. The van der Waals surface area contributed by atoms with E-state index >= 15 is 0 Å². The highest BCUT2D eigenvalue weighted by Gasteiger charge is 2.17. The van der Waals surface area contributed by atoms with Gasteiger partial charge in [-0.25, -0.2) is 8.42 Å². The van der Waals surface area contributed by atoms with Crippen molar-refractivity contribution in [3.8, 4) is 0 Å². The van der Waals surface area contributed by atoms with Crippen LogP contribution in [-0.2, 0) is 14.6 Å². The number of nitrogens with zero attached hydrogens (tertiary/aromatic N) is 1. The minimum absolute atomic E-state index is 0.267. The molecule has 0 unspecified atom stereocenters. The molecule has 0 saturated carbocycles. The average molecular weight is 146 g/mol. The Balaban J connectivity index is 2.83. The van der Waals surface area contributed by atoms with Gasteiger partial charge >= 0.3 is 6.41 Å². The van der Waals surface area contributed by atoms with Gasteiger partial charge in [0, 0.05) is 11.6 Å². The Bertz CT molecular complexity index is 241. The first-order chi connectivity index (χ1) is 4.14. The molecule has 0 atom stereocenters. The normalized spacial score (nSPS) is 22.4. The second-order valence-electron chi connectivity index (χ2n) is 1.64. The third kappa shape index (κ3) is 1.29. The molecule has 0 saturated heterocycles. The van der Waals surface area contributed by atoms with Crippen LogP contribution >= 0.6 is 0 Å². The lowest BCUT2D eigenvalue weighted by Crippen LogP contribution is -2.15. The van der Waals surface area contributed by atoms with Crippen molar-refractivity contribution in [1.82, 2.24) is 4.90 Å². The van der Waals surface area contributed by atoms with E-state index in [0.717, 1.165) is 10.3 Å². The van der Waals surface area contributed by atoms with E-state index in [9.17, 15) is 13.2 Å². The lowest BCUT2D eigenvalue weighted by atomic mass is 10.8. The molecule has 1 aliphatic rings. The molecule has 1 rings (SSSR count). The predicted octanol–water partition coefficient (Wildman–Crippen LogP) is -0.787. The number of amides is 1. The van der Waals surface area contributed by atoms with Crippen LogP contribution in [0.25, 0.3) is 0 Å². The zero-order valence-corrected chi connectivity index (χ0v) is 5.26. The minimum Gasteiger partial charge on any atom is -0.295 e. The average Bonchev–Trinajstić information content (AvgIpc) is 2.10. The highest BCUT2D eigenvalue weighted by atomic mass is 32.2. The van der Waals surface area contributed by atoms with Crippen molar-refractivity contribution >= 4 is 16.2 Å². The van der Waals surface area contributed by atoms with Crippen LogP contribution < -0.4 is 0 Å². The molecule has 0 aromatic carbocycles. The topological polar surface area (TPSA) is 54.5 Å². The largest absolute Gasteiger partial charge is 0.317 e. The first-order valence-electron chi connectivity index (χ1n) is 2.19. The van der Waals surface area contributed by atoms with Gasteiger partial charge in [0.15, 0.2) is 9.84 Å². The SMILES string of the molecule is O=[C]N1C=CS(=O)(=O)C1. The standard InChI is InChI=1S/C4H4NO3S/c6-3-5-1-2-9(7,8)4-5/h1-2H,4H2. The zero-order valence-electron chi connectivity index (χ0n) is 4.44. The Hall–Kier alpha value is -0.840. The fourth-order valence-electron chi connectivity index (χ4n) is 0.503. The number of sulfone groups is 1. The predicted molar refractivity (Wildman–Crippen MR) is 30.5 cm³/mol. The van der Waals surface area contributed by atoms with Gasteiger partial charge in [0.2, 0.25) is 0 Å². The first-order valence-corrected chi connectivity index (χ1v) is 3.91. The van der Waals surface area contributed by atoms with Crippen LogP contribution in [-0.4, -0.2) is 25.6 Å². The van der Waals surface area contributed by atoms with E-state index in [1.54, 1.807) is 0 Å². The van der Waals surface area contributed by atoms with Crippen molar-refractivity contribution in [2.45, 2.75) is 0 Å². The molecule has 0 N–H and O–H groups in total. The molecule has 49 valence electrons. The van der Waals surface area contributed by atoms with Crippen molar-refractivity contribution in [1.29, 1.82) is 0 Å². The molecule has 1 amide bonds. The van der Waals surface area contributed by atoms with Crippen molar-refractivity contribution in [2.24, 2.45) is 0 Å². The van der Waals surface area contributed by atoms with Crippen molar-refractivity contribution in [2.75, 3.05) is 5.88 Å². The molecule has 0 aromatic rings. The Labute approximate surface area is 52.7 Å². The lowest BCUT2D eigenvalue weighted by molar-refractivity contribution is 0.490. The van der Waals surface area contributed by atoms with Gasteiger partial charge in [-0.2, -0.15) is 0 Å². The molecular weight excluding hydrogens is 142 g/mol. The number of carbonyl (C=O) groups excluding carboxylic acids is 1. The number of rotatable bonds is 1. The van der Waals surface area contributed by atoms with Crippen LogP contribution in [0.1, 0.15) is 0 Å². The second-order valence-corrected chi connectivity index (χ2v) is 3.49. The van der Waals surface area contributed by atoms with Gasteiger partial charge in [-0.05, 0) is 0 Å². The Morgan fingerprint density at radius 2 is 2.22 bits per heavy atom. The molecule has 1 heterocycles. The third-order valence-electron chi connectivity index (χ3n) is 0.884. The Morgan fingerprint density at radius 1 is 1.56 bits per heavy atom. The van der Waals surface area contributed by atoms with Crippen LogP contribution in [0.4, 0.5) is 0 Å². The van der Waals surface area contributed by atoms with Gasteiger partial charge in [0.25, 0.3) is 0 Å². The van der Waals surface area contributed by atoms with E-state index in [-0.39, 0.29) is 5.88 Å². The molecular formula is C4H4NO3S. The summed E-state index contributed by atoms with van der Waals surface area (Å²) in [5, 5.41) is 0.984. The second kappa shape index (κ2) is 1.84. The summed E-state index contributed by atoms with van der Waals surface area (Å²) in [5.41, 5.74) is 0. The minimum atomic E-state index is -3.12. The summed E-state index contributed by atoms with van der Waals surface area (Å²) in [6.07, 6.45) is 2.62. The van der Waals surface area contributed by atoms with Gasteiger partial charge in [-0.15, -0.1) is 0 Å². The third-order valence-corrected chi connectivity index (χ3v) is 2.06. The molecule has 1 radical (unpaired) electrons. The van der Waals surface area contributed by atoms with E-state index in [4.69, 9.17) is 0 Å². The van der Waals surface area contributed by atoms with Gasteiger partial charge in [0.1, 0.15) is 5.88 Å². The van der Waals surface area contributed by atoms with Gasteiger partial charge < -0.3 is 0 Å². The van der Waals surface area contributed by atoms with Crippen molar-refractivity contribution in [3.05, 3.63) is 11.6 Å². The summed E-state index contributed by atoms with van der Waals surface area (Å²) in [6, 6.07) is 0. The van der Waals surface area contributed by atoms with E-state index in [1.807, 2.05) is 0 Å². The van der Waals surface area contributed by atoms with E-state index < -0.39 is 9.84 Å². The fourth-order valence-corrected chi connectivity index (χ4v) is 1.45. The zero-order chi connectivity index (χ0) is 6.91. The number of hydrogen-bond donors (Lipinski definition) is 0. The summed E-state index contributed by atoms with van der Waals surface area (Å²) in [4.78, 5) is 10.7. The van der Waals surface area contributed by atoms with Crippen molar-refractivity contribution in [3.63, 3.8) is 0 Å². The Kier molecular flexibility index (Phi) is 1.28. The molecule has 0 spiro atoms. The maximum Gasteiger partial charge on any atom is 0.317 e. The van der Waals surface area contributed by atoms with E-state index in [1.165, 1.54) is 12.6 Å². The first kappa shape index (κ1) is 6.28. The summed E-state index contributed by atoms with van der Waals surface area (Å²) in [7, 11) is -3.12. The van der Waals surface area contributed by atoms with Gasteiger partial charge in [-0.1, -0.05) is 0 Å². The molecule has 5 heteroatoms.